The number of ether oxygens (including phenoxy) is 1. The third-order valence-electron chi connectivity index (χ3n) is 4.44. The first-order valence-electron chi connectivity index (χ1n) is 7.84. The first kappa shape index (κ1) is 15.6. The van der Waals surface area contributed by atoms with Gasteiger partial charge in [-0.25, -0.2) is 4.68 Å². The zero-order valence-corrected chi connectivity index (χ0v) is 13.7. The topological polar surface area (TPSA) is 59.4 Å². The van der Waals surface area contributed by atoms with Crippen LogP contribution in [0.2, 0.25) is 0 Å². The van der Waals surface area contributed by atoms with Gasteiger partial charge in [0.05, 0.1) is 12.8 Å². The first-order chi connectivity index (χ1) is 11.1. The lowest BCUT2D eigenvalue weighted by Crippen LogP contribution is -2.57. The SMILES string of the molecule is COc1ccc(-n2ccc(C(=O)N3CCNC(C)C3C)n2)cc1. The largest absolute Gasteiger partial charge is 0.497 e. The number of benzene rings is 1. The van der Waals surface area contributed by atoms with Crippen molar-refractivity contribution in [3.05, 3.63) is 42.2 Å². The van der Waals surface area contributed by atoms with E-state index in [4.69, 9.17) is 4.74 Å². The molecule has 23 heavy (non-hydrogen) atoms. The average Bonchev–Trinajstić information content (AvgIpc) is 3.07. The number of hydrogen-bond acceptors (Lipinski definition) is 4. The standard InChI is InChI=1S/C17H22N4O2/c1-12-13(2)20(11-9-18-12)17(22)16-8-10-21(19-16)14-4-6-15(23-3)7-5-14/h4-8,10,12-13,18H,9,11H2,1-3H3. The van der Waals surface area contributed by atoms with Crippen molar-refractivity contribution in [2.24, 2.45) is 0 Å². The Morgan fingerprint density at radius 1 is 1.26 bits per heavy atom. The van der Waals surface area contributed by atoms with Gasteiger partial charge in [-0.3, -0.25) is 4.79 Å². The lowest BCUT2D eigenvalue weighted by Gasteiger charge is -2.38. The van der Waals surface area contributed by atoms with Crippen LogP contribution in [0, 0.1) is 0 Å². The van der Waals surface area contributed by atoms with E-state index >= 15 is 0 Å². The normalized spacial score (nSPS) is 21.3. The van der Waals surface area contributed by atoms with E-state index in [2.05, 4.69) is 24.3 Å². The Hall–Kier alpha value is -2.34. The quantitative estimate of drug-likeness (QED) is 0.937. The second kappa shape index (κ2) is 6.42. The van der Waals surface area contributed by atoms with Crippen molar-refractivity contribution in [1.82, 2.24) is 20.0 Å². The van der Waals surface area contributed by atoms with Crippen LogP contribution in [0.5, 0.6) is 5.75 Å². The van der Waals surface area contributed by atoms with E-state index in [9.17, 15) is 4.79 Å². The third-order valence-corrected chi connectivity index (χ3v) is 4.44. The summed E-state index contributed by atoms with van der Waals surface area (Å²) in [6, 6.07) is 9.78. The molecule has 0 bridgehead atoms. The maximum Gasteiger partial charge on any atom is 0.274 e. The zero-order chi connectivity index (χ0) is 16.4. The van der Waals surface area contributed by atoms with Crippen LogP contribution >= 0.6 is 0 Å². The molecular formula is C17H22N4O2. The van der Waals surface area contributed by atoms with E-state index in [1.165, 1.54) is 0 Å². The van der Waals surface area contributed by atoms with Crippen LogP contribution in [-0.4, -0.2) is 52.9 Å². The van der Waals surface area contributed by atoms with Crippen LogP contribution in [0.15, 0.2) is 36.5 Å². The first-order valence-corrected chi connectivity index (χ1v) is 7.84. The average molecular weight is 314 g/mol. The number of carbonyl (C=O) groups is 1. The molecule has 1 aromatic carbocycles. The van der Waals surface area contributed by atoms with Crippen LogP contribution in [0.3, 0.4) is 0 Å². The Balaban J connectivity index is 1.79. The fourth-order valence-corrected chi connectivity index (χ4v) is 2.81. The van der Waals surface area contributed by atoms with E-state index in [-0.39, 0.29) is 18.0 Å². The van der Waals surface area contributed by atoms with Crippen molar-refractivity contribution >= 4 is 5.91 Å². The van der Waals surface area contributed by atoms with Gasteiger partial charge in [0.2, 0.25) is 0 Å². The highest BCUT2D eigenvalue weighted by molar-refractivity contribution is 5.92. The van der Waals surface area contributed by atoms with Crippen LogP contribution in [-0.2, 0) is 0 Å². The molecule has 122 valence electrons. The molecule has 0 spiro atoms. The van der Waals surface area contributed by atoms with E-state index in [1.54, 1.807) is 17.9 Å². The van der Waals surface area contributed by atoms with E-state index in [0.717, 1.165) is 18.0 Å². The number of aromatic nitrogens is 2. The number of piperazine rings is 1. The van der Waals surface area contributed by atoms with Gasteiger partial charge in [-0.15, -0.1) is 0 Å². The summed E-state index contributed by atoms with van der Waals surface area (Å²) >= 11 is 0. The molecule has 0 saturated carbocycles. The summed E-state index contributed by atoms with van der Waals surface area (Å²) in [5.41, 5.74) is 1.37. The summed E-state index contributed by atoms with van der Waals surface area (Å²) in [4.78, 5) is 14.6. The van der Waals surface area contributed by atoms with Gasteiger partial charge < -0.3 is 15.0 Å². The predicted molar refractivity (Wildman–Crippen MR) is 88.1 cm³/mol. The maximum atomic E-state index is 12.7. The minimum Gasteiger partial charge on any atom is -0.497 e. The van der Waals surface area contributed by atoms with Gasteiger partial charge in [0.25, 0.3) is 5.91 Å². The molecule has 1 saturated heterocycles. The Kier molecular flexibility index (Phi) is 4.34. The van der Waals surface area contributed by atoms with Crippen molar-refractivity contribution in [2.45, 2.75) is 25.9 Å². The molecule has 2 heterocycles. The molecule has 6 nitrogen and oxygen atoms in total. The second-order valence-corrected chi connectivity index (χ2v) is 5.83. The molecule has 1 aromatic heterocycles. The minimum atomic E-state index is -0.0156. The van der Waals surface area contributed by atoms with Crippen molar-refractivity contribution in [3.8, 4) is 11.4 Å². The van der Waals surface area contributed by atoms with Crippen molar-refractivity contribution in [1.29, 1.82) is 0 Å². The third kappa shape index (κ3) is 3.07. The summed E-state index contributed by atoms with van der Waals surface area (Å²) in [5, 5.41) is 7.81. The number of hydrogen-bond donors (Lipinski definition) is 1. The summed E-state index contributed by atoms with van der Waals surface area (Å²) < 4.78 is 6.86. The molecule has 2 unspecified atom stereocenters. The molecule has 1 N–H and O–H groups in total. The zero-order valence-electron chi connectivity index (χ0n) is 13.7. The Labute approximate surface area is 136 Å². The minimum absolute atomic E-state index is 0.0156. The number of carbonyl (C=O) groups excluding carboxylic acids is 1. The molecule has 1 aliphatic heterocycles. The van der Waals surface area contributed by atoms with Crippen LogP contribution < -0.4 is 10.1 Å². The molecule has 1 aliphatic rings. The van der Waals surface area contributed by atoms with E-state index in [0.29, 0.717) is 12.2 Å². The van der Waals surface area contributed by atoms with Crippen molar-refractivity contribution in [2.75, 3.05) is 20.2 Å². The highest BCUT2D eigenvalue weighted by Crippen LogP contribution is 2.16. The van der Waals surface area contributed by atoms with Gasteiger partial charge in [0.1, 0.15) is 5.75 Å². The smallest absolute Gasteiger partial charge is 0.274 e. The molecule has 1 amide bonds. The summed E-state index contributed by atoms with van der Waals surface area (Å²) in [6.45, 7) is 5.69. The maximum absolute atomic E-state index is 12.7. The lowest BCUT2D eigenvalue weighted by molar-refractivity contribution is 0.0596. The van der Waals surface area contributed by atoms with Crippen molar-refractivity contribution < 1.29 is 9.53 Å². The van der Waals surface area contributed by atoms with Gasteiger partial charge >= 0.3 is 0 Å². The van der Waals surface area contributed by atoms with Gasteiger partial charge in [0.15, 0.2) is 5.69 Å². The summed E-state index contributed by atoms with van der Waals surface area (Å²) in [6.07, 6.45) is 1.81. The van der Waals surface area contributed by atoms with Gasteiger partial charge in [-0.1, -0.05) is 0 Å². The molecule has 6 heteroatoms. The molecule has 1 fully saturated rings. The Morgan fingerprint density at radius 2 is 2.00 bits per heavy atom. The van der Waals surface area contributed by atoms with E-state index in [1.807, 2.05) is 35.4 Å². The molecule has 2 aromatic rings. The fourth-order valence-electron chi connectivity index (χ4n) is 2.81. The molecule has 3 rings (SSSR count). The summed E-state index contributed by atoms with van der Waals surface area (Å²) in [5.74, 6) is 0.777. The fraction of sp³-hybridized carbons (Fsp3) is 0.412. The van der Waals surface area contributed by atoms with Crippen LogP contribution in [0.4, 0.5) is 0 Å². The van der Waals surface area contributed by atoms with Crippen LogP contribution in [0.25, 0.3) is 5.69 Å². The van der Waals surface area contributed by atoms with Gasteiger partial charge in [0, 0.05) is 31.4 Å². The molecule has 0 radical (unpaired) electrons. The number of methoxy groups -OCH3 is 1. The van der Waals surface area contributed by atoms with E-state index < -0.39 is 0 Å². The monoisotopic (exact) mass is 314 g/mol. The summed E-state index contributed by atoms with van der Waals surface area (Å²) in [7, 11) is 1.63. The molecule has 2 atom stereocenters. The molecule has 0 aliphatic carbocycles. The number of rotatable bonds is 3. The highest BCUT2D eigenvalue weighted by atomic mass is 16.5. The number of amides is 1. The lowest BCUT2D eigenvalue weighted by atomic mass is 10.1. The highest BCUT2D eigenvalue weighted by Gasteiger charge is 2.29. The van der Waals surface area contributed by atoms with Crippen molar-refractivity contribution in [3.63, 3.8) is 0 Å². The Morgan fingerprint density at radius 3 is 2.70 bits per heavy atom. The van der Waals surface area contributed by atoms with Gasteiger partial charge in [-0.05, 0) is 44.2 Å². The molecular weight excluding hydrogens is 292 g/mol. The van der Waals surface area contributed by atoms with Crippen LogP contribution in [0.1, 0.15) is 24.3 Å². The predicted octanol–water partition coefficient (Wildman–Crippen LogP) is 1.70. The second-order valence-electron chi connectivity index (χ2n) is 5.83. The Bertz CT molecular complexity index is 680. The van der Waals surface area contributed by atoms with Gasteiger partial charge in [-0.2, -0.15) is 5.10 Å². The number of nitrogens with one attached hydrogen (secondary N) is 1. The number of nitrogens with zero attached hydrogens (tertiary/aromatic N) is 3.